The third-order valence-corrected chi connectivity index (χ3v) is 3.66. The zero-order chi connectivity index (χ0) is 13.5. The van der Waals surface area contributed by atoms with Crippen LogP contribution in [0.25, 0.3) is 0 Å². The zero-order valence-corrected chi connectivity index (χ0v) is 12.2. The molecule has 0 aliphatic carbocycles. The van der Waals surface area contributed by atoms with Crippen LogP contribution < -0.4 is 5.32 Å². The smallest absolute Gasteiger partial charge is 0.0507 e. The van der Waals surface area contributed by atoms with Gasteiger partial charge >= 0.3 is 0 Å². The standard InChI is InChI=1S/C16H26N2O/c1-14-4-3-5-15(10-14)12-18(2)8-7-17-11-16-6-9-19-13-16/h3-5,10,16-17H,6-9,11-13H2,1-2H3. The van der Waals surface area contributed by atoms with E-state index in [4.69, 9.17) is 4.74 Å². The molecule has 1 aliphatic rings. The number of nitrogens with one attached hydrogen (secondary N) is 1. The van der Waals surface area contributed by atoms with Gasteiger partial charge < -0.3 is 15.0 Å². The van der Waals surface area contributed by atoms with Gasteiger partial charge in [0.2, 0.25) is 0 Å². The summed E-state index contributed by atoms with van der Waals surface area (Å²) in [4.78, 5) is 2.37. The zero-order valence-electron chi connectivity index (χ0n) is 12.2. The van der Waals surface area contributed by atoms with E-state index in [0.29, 0.717) is 0 Å². The Labute approximate surface area is 116 Å². The van der Waals surface area contributed by atoms with Crippen molar-refractivity contribution in [1.82, 2.24) is 10.2 Å². The van der Waals surface area contributed by atoms with Crippen LogP contribution in [0.3, 0.4) is 0 Å². The molecule has 0 bridgehead atoms. The molecule has 0 radical (unpaired) electrons. The van der Waals surface area contributed by atoms with E-state index in [1.54, 1.807) is 0 Å². The van der Waals surface area contributed by atoms with Gasteiger partial charge in [-0.05, 0) is 31.9 Å². The molecule has 1 heterocycles. The summed E-state index contributed by atoms with van der Waals surface area (Å²) >= 11 is 0. The van der Waals surface area contributed by atoms with E-state index >= 15 is 0 Å². The van der Waals surface area contributed by atoms with E-state index in [-0.39, 0.29) is 0 Å². The van der Waals surface area contributed by atoms with Gasteiger partial charge in [0.1, 0.15) is 0 Å². The number of aryl methyl sites for hydroxylation is 1. The van der Waals surface area contributed by atoms with Crippen LogP contribution in [-0.4, -0.2) is 44.8 Å². The van der Waals surface area contributed by atoms with Crippen molar-refractivity contribution in [2.24, 2.45) is 5.92 Å². The van der Waals surface area contributed by atoms with E-state index in [2.05, 4.69) is 48.5 Å². The number of nitrogens with zero attached hydrogens (tertiary/aromatic N) is 1. The molecular formula is C16H26N2O. The Morgan fingerprint density at radius 2 is 2.32 bits per heavy atom. The van der Waals surface area contributed by atoms with Crippen molar-refractivity contribution in [1.29, 1.82) is 0 Å². The molecule has 1 aliphatic heterocycles. The predicted molar refractivity (Wildman–Crippen MR) is 79.3 cm³/mol. The van der Waals surface area contributed by atoms with Gasteiger partial charge in [-0.1, -0.05) is 29.8 Å². The lowest BCUT2D eigenvalue weighted by atomic mass is 10.1. The van der Waals surface area contributed by atoms with Crippen LogP contribution in [0.5, 0.6) is 0 Å². The normalized spacial score (nSPS) is 19.2. The summed E-state index contributed by atoms with van der Waals surface area (Å²) in [6.07, 6.45) is 1.21. The monoisotopic (exact) mass is 262 g/mol. The molecule has 106 valence electrons. The second-order valence-electron chi connectivity index (χ2n) is 5.66. The van der Waals surface area contributed by atoms with E-state index < -0.39 is 0 Å². The number of hydrogen-bond acceptors (Lipinski definition) is 3. The molecule has 1 atom stereocenters. The van der Waals surface area contributed by atoms with E-state index in [1.807, 2.05) is 0 Å². The average molecular weight is 262 g/mol. The van der Waals surface area contributed by atoms with Crippen molar-refractivity contribution in [3.63, 3.8) is 0 Å². The summed E-state index contributed by atoms with van der Waals surface area (Å²) < 4.78 is 5.38. The van der Waals surface area contributed by atoms with Crippen molar-refractivity contribution in [2.75, 3.05) is 39.9 Å². The van der Waals surface area contributed by atoms with Gasteiger partial charge in [0.15, 0.2) is 0 Å². The third-order valence-electron chi connectivity index (χ3n) is 3.66. The first-order valence-electron chi connectivity index (χ1n) is 7.26. The van der Waals surface area contributed by atoms with Crippen molar-refractivity contribution in [3.05, 3.63) is 35.4 Å². The molecule has 1 N–H and O–H groups in total. The largest absolute Gasteiger partial charge is 0.381 e. The Morgan fingerprint density at radius 3 is 3.05 bits per heavy atom. The van der Waals surface area contributed by atoms with Crippen LogP contribution in [0.15, 0.2) is 24.3 Å². The van der Waals surface area contributed by atoms with Gasteiger partial charge in [-0.15, -0.1) is 0 Å². The Hall–Kier alpha value is -0.900. The van der Waals surface area contributed by atoms with Gasteiger partial charge in [-0.2, -0.15) is 0 Å². The fourth-order valence-electron chi connectivity index (χ4n) is 2.52. The number of likely N-dealkylation sites (N-methyl/N-ethyl adjacent to an activating group) is 1. The van der Waals surface area contributed by atoms with Crippen molar-refractivity contribution in [3.8, 4) is 0 Å². The molecule has 0 aromatic heterocycles. The highest BCUT2D eigenvalue weighted by Gasteiger charge is 2.14. The van der Waals surface area contributed by atoms with Gasteiger partial charge in [0.05, 0.1) is 6.61 Å². The fourth-order valence-corrected chi connectivity index (χ4v) is 2.52. The quantitative estimate of drug-likeness (QED) is 0.761. The molecule has 0 amide bonds. The topological polar surface area (TPSA) is 24.5 Å². The lowest BCUT2D eigenvalue weighted by Gasteiger charge is -2.18. The van der Waals surface area contributed by atoms with Crippen LogP contribution >= 0.6 is 0 Å². The van der Waals surface area contributed by atoms with Crippen LogP contribution in [-0.2, 0) is 11.3 Å². The Morgan fingerprint density at radius 1 is 1.42 bits per heavy atom. The molecule has 1 fully saturated rings. The predicted octanol–water partition coefficient (Wildman–Crippen LogP) is 2.05. The minimum Gasteiger partial charge on any atom is -0.381 e. The first-order chi connectivity index (χ1) is 9.24. The molecule has 1 saturated heterocycles. The number of rotatable bonds is 7. The maximum atomic E-state index is 5.38. The minimum absolute atomic E-state index is 0.724. The highest BCUT2D eigenvalue weighted by molar-refractivity contribution is 5.21. The SMILES string of the molecule is Cc1cccc(CN(C)CCNCC2CCOC2)c1. The summed E-state index contributed by atoms with van der Waals surface area (Å²) in [7, 11) is 2.18. The highest BCUT2D eigenvalue weighted by Crippen LogP contribution is 2.10. The lowest BCUT2D eigenvalue weighted by Crippen LogP contribution is -2.32. The van der Waals surface area contributed by atoms with Gasteiger partial charge in [-0.3, -0.25) is 0 Å². The van der Waals surface area contributed by atoms with Crippen molar-refractivity contribution < 1.29 is 4.74 Å². The van der Waals surface area contributed by atoms with E-state index in [9.17, 15) is 0 Å². The molecule has 1 aromatic rings. The maximum absolute atomic E-state index is 5.38. The van der Waals surface area contributed by atoms with E-state index in [0.717, 1.165) is 45.3 Å². The van der Waals surface area contributed by atoms with E-state index in [1.165, 1.54) is 17.5 Å². The first kappa shape index (κ1) is 14.5. The van der Waals surface area contributed by atoms with Gasteiger partial charge in [-0.25, -0.2) is 0 Å². The molecule has 3 nitrogen and oxygen atoms in total. The Bertz CT molecular complexity index is 375. The second-order valence-corrected chi connectivity index (χ2v) is 5.66. The number of hydrogen-bond donors (Lipinski definition) is 1. The van der Waals surface area contributed by atoms with Crippen molar-refractivity contribution in [2.45, 2.75) is 19.9 Å². The summed E-state index contributed by atoms with van der Waals surface area (Å²) in [5.74, 6) is 0.724. The maximum Gasteiger partial charge on any atom is 0.0507 e. The molecule has 0 spiro atoms. The fraction of sp³-hybridized carbons (Fsp3) is 0.625. The lowest BCUT2D eigenvalue weighted by molar-refractivity contribution is 0.185. The summed E-state index contributed by atoms with van der Waals surface area (Å²) in [5, 5.41) is 3.53. The molecule has 1 unspecified atom stereocenters. The van der Waals surface area contributed by atoms with Crippen LogP contribution in [0.2, 0.25) is 0 Å². The third kappa shape index (κ3) is 5.31. The molecule has 2 rings (SSSR count). The van der Waals surface area contributed by atoms with Gasteiger partial charge in [0.25, 0.3) is 0 Å². The second kappa shape index (κ2) is 7.63. The Kier molecular flexibility index (Phi) is 5.83. The van der Waals surface area contributed by atoms with Crippen LogP contribution in [0.1, 0.15) is 17.5 Å². The molecule has 0 saturated carbocycles. The van der Waals surface area contributed by atoms with Crippen molar-refractivity contribution >= 4 is 0 Å². The summed E-state index contributed by atoms with van der Waals surface area (Å²) in [5.41, 5.74) is 2.73. The number of benzene rings is 1. The molecular weight excluding hydrogens is 236 g/mol. The molecule has 3 heteroatoms. The minimum atomic E-state index is 0.724. The van der Waals surface area contributed by atoms with Gasteiger partial charge in [0, 0.05) is 32.8 Å². The summed E-state index contributed by atoms with van der Waals surface area (Å²) in [6.45, 7) is 8.29. The highest BCUT2D eigenvalue weighted by atomic mass is 16.5. The van der Waals surface area contributed by atoms with Crippen LogP contribution in [0, 0.1) is 12.8 Å². The molecule has 1 aromatic carbocycles. The number of ether oxygens (including phenoxy) is 1. The summed E-state index contributed by atoms with van der Waals surface area (Å²) in [6, 6.07) is 8.75. The average Bonchev–Trinajstić information content (AvgIpc) is 2.88. The Balaban J connectivity index is 1.60. The first-order valence-corrected chi connectivity index (χ1v) is 7.26. The van der Waals surface area contributed by atoms with Crippen LogP contribution in [0.4, 0.5) is 0 Å². The molecule has 19 heavy (non-hydrogen) atoms.